The molecular weight excluding hydrogens is 326 g/mol. The minimum absolute atomic E-state index is 0.112. The van der Waals surface area contributed by atoms with E-state index in [1.165, 1.54) is 18.4 Å². The lowest BCUT2D eigenvalue weighted by Gasteiger charge is -2.19. The van der Waals surface area contributed by atoms with Crippen molar-refractivity contribution in [1.29, 1.82) is 0 Å². The summed E-state index contributed by atoms with van der Waals surface area (Å²) in [7, 11) is 1.68. The molecular formula is C22H35NO3. The van der Waals surface area contributed by atoms with Gasteiger partial charge in [0.2, 0.25) is 5.91 Å². The second-order valence-corrected chi connectivity index (χ2v) is 8.56. The van der Waals surface area contributed by atoms with Crippen LogP contribution in [0, 0.1) is 23.7 Å². The fraction of sp³-hybridized carbons (Fsp3) is 0.773. The van der Waals surface area contributed by atoms with Gasteiger partial charge < -0.3 is 15.5 Å². The maximum Gasteiger partial charge on any atom is 0.219 e. The Balaban J connectivity index is 1.50. The largest absolute Gasteiger partial charge is 0.392 e. The number of nitrogens with one attached hydrogen (secondary N) is 1. The molecule has 3 aliphatic rings. The van der Waals surface area contributed by atoms with Crippen LogP contribution in [0.15, 0.2) is 23.8 Å². The zero-order chi connectivity index (χ0) is 18.5. The van der Waals surface area contributed by atoms with E-state index >= 15 is 0 Å². The van der Waals surface area contributed by atoms with E-state index in [4.69, 9.17) is 0 Å². The van der Waals surface area contributed by atoms with Crippen LogP contribution in [0.2, 0.25) is 0 Å². The van der Waals surface area contributed by atoms with Crippen LogP contribution < -0.4 is 5.32 Å². The van der Waals surface area contributed by atoms with E-state index in [1.54, 1.807) is 7.05 Å². The molecule has 3 aliphatic carbocycles. The molecule has 4 heteroatoms. The van der Waals surface area contributed by atoms with Crippen LogP contribution in [0.1, 0.15) is 64.2 Å². The zero-order valence-electron chi connectivity index (χ0n) is 16.1. The van der Waals surface area contributed by atoms with Crippen molar-refractivity contribution < 1.29 is 15.0 Å². The quantitative estimate of drug-likeness (QED) is 0.481. The Bertz CT molecular complexity index is 536. The van der Waals surface area contributed by atoms with Gasteiger partial charge >= 0.3 is 0 Å². The molecule has 3 fully saturated rings. The van der Waals surface area contributed by atoms with Gasteiger partial charge in [-0.05, 0) is 62.7 Å². The van der Waals surface area contributed by atoms with Crippen LogP contribution in [0.5, 0.6) is 0 Å². The van der Waals surface area contributed by atoms with Crippen LogP contribution in [0.3, 0.4) is 0 Å². The Labute approximate surface area is 157 Å². The van der Waals surface area contributed by atoms with E-state index in [1.807, 2.05) is 6.08 Å². The second-order valence-electron chi connectivity index (χ2n) is 8.56. The number of allylic oxidation sites excluding steroid dienone is 2. The third-order valence-corrected chi connectivity index (χ3v) is 6.84. The Morgan fingerprint density at radius 1 is 1.31 bits per heavy atom. The molecule has 0 aliphatic heterocycles. The molecule has 3 N–H and O–H groups in total. The predicted molar refractivity (Wildman–Crippen MR) is 103 cm³/mol. The van der Waals surface area contributed by atoms with Crippen molar-refractivity contribution in [3.05, 3.63) is 23.8 Å². The van der Waals surface area contributed by atoms with Crippen LogP contribution >= 0.6 is 0 Å². The first kappa shape index (κ1) is 19.6. The molecule has 3 rings (SSSR count). The fourth-order valence-corrected chi connectivity index (χ4v) is 5.33. The van der Waals surface area contributed by atoms with Crippen LogP contribution in [0.4, 0.5) is 0 Å². The topological polar surface area (TPSA) is 69.6 Å². The molecule has 0 saturated heterocycles. The first-order chi connectivity index (χ1) is 12.6. The number of rotatable bonds is 7. The van der Waals surface area contributed by atoms with Crippen molar-refractivity contribution in [2.75, 3.05) is 7.05 Å². The summed E-state index contributed by atoms with van der Waals surface area (Å²) in [5.74, 6) is 1.81. The SMILES string of the molecule is CNC(=O)CCCC=C1C[C@H]2C[C@@H](O)[C@H](C=C[C@@H](O)C3CCCC3)[C@H]2C1. The summed E-state index contributed by atoms with van der Waals surface area (Å²) in [6.45, 7) is 0. The lowest BCUT2D eigenvalue weighted by Crippen LogP contribution is -2.19. The normalized spacial score (nSPS) is 34.7. The Kier molecular flexibility index (Phi) is 6.93. The highest BCUT2D eigenvalue weighted by molar-refractivity contribution is 5.75. The monoisotopic (exact) mass is 361 g/mol. The summed E-state index contributed by atoms with van der Waals surface area (Å²) < 4.78 is 0. The Morgan fingerprint density at radius 3 is 2.81 bits per heavy atom. The van der Waals surface area contributed by atoms with Crippen molar-refractivity contribution >= 4 is 5.91 Å². The van der Waals surface area contributed by atoms with E-state index in [0.29, 0.717) is 24.2 Å². The minimum Gasteiger partial charge on any atom is -0.392 e. The minimum atomic E-state index is -0.343. The van der Waals surface area contributed by atoms with E-state index in [2.05, 4.69) is 17.5 Å². The van der Waals surface area contributed by atoms with Gasteiger partial charge in [0.15, 0.2) is 0 Å². The number of fused-ring (bicyclic) bond motifs is 1. The lowest BCUT2D eigenvalue weighted by atomic mass is 9.89. The third-order valence-electron chi connectivity index (χ3n) is 6.84. The van der Waals surface area contributed by atoms with Crippen LogP contribution in [-0.4, -0.2) is 35.4 Å². The molecule has 0 aromatic carbocycles. The maximum atomic E-state index is 11.3. The molecule has 146 valence electrons. The highest BCUT2D eigenvalue weighted by Crippen LogP contribution is 2.50. The molecule has 26 heavy (non-hydrogen) atoms. The van der Waals surface area contributed by atoms with E-state index < -0.39 is 0 Å². The molecule has 4 nitrogen and oxygen atoms in total. The summed E-state index contributed by atoms with van der Waals surface area (Å²) in [4.78, 5) is 11.3. The second kappa shape index (κ2) is 9.18. The maximum absolute atomic E-state index is 11.3. The molecule has 0 heterocycles. The van der Waals surface area contributed by atoms with E-state index in [-0.39, 0.29) is 24.0 Å². The number of carbonyl (C=O) groups is 1. The standard InChI is InChI=1S/C22H35NO3/c1-23-22(26)9-5-2-6-15-12-17-14-21(25)18(19(17)13-15)10-11-20(24)16-7-3-4-8-16/h6,10-11,16-21,24-25H,2-5,7-9,12-14H2,1H3,(H,23,26)/t17-,18+,19-,20+,21+/m0/s1. The fourth-order valence-electron chi connectivity index (χ4n) is 5.33. The smallest absolute Gasteiger partial charge is 0.219 e. The average Bonchev–Trinajstić information content (AvgIpc) is 3.33. The van der Waals surface area contributed by atoms with E-state index in [9.17, 15) is 15.0 Å². The van der Waals surface area contributed by atoms with Gasteiger partial charge in [0.25, 0.3) is 0 Å². The summed E-state index contributed by atoms with van der Waals surface area (Å²) in [5, 5.41) is 23.5. The van der Waals surface area contributed by atoms with Crippen molar-refractivity contribution in [3.63, 3.8) is 0 Å². The molecule has 0 aromatic rings. The number of carbonyl (C=O) groups excluding carboxylic acids is 1. The third kappa shape index (κ3) is 4.77. The van der Waals surface area contributed by atoms with Crippen LogP contribution in [-0.2, 0) is 4.79 Å². The van der Waals surface area contributed by atoms with Gasteiger partial charge in [-0.25, -0.2) is 0 Å². The summed E-state index contributed by atoms with van der Waals surface area (Å²) in [6, 6.07) is 0. The molecule has 0 spiro atoms. The molecule has 0 unspecified atom stereocenters. The average molecular weight is 362 g/mol. The highest BCUT2D eigenvalue weighted by atomic mass is 16.3. The Morgan fingerprint density at radius 2 is 2.08 bits per heavy atom. The van der Waals surface area contributed by atoms with Gasteiger partial charge in [-0.2, -0.15) is 0 Å². The number of aliphatic hydroxyl groups is 2. The highest BCUT2D eigenvalue weighted by Gasteiger charge is 2.45. The molecule has 0 bridgehead atoms. The zero-order valence-corrected chi connectivity index (χ0v) is 16.1. The lowest BCUT2D eigenvalue weighted by molar-refractivity contribution is -0.120. The molecule has 0 radical (unpaired) electrons. The number of hydrogen-bond acceptors (Lipinski definition) is 3. The summed E-state index contributed by atoms with van der Waals surface area (Å²) >= 11 is 0. The number of aliphatic hydroxyl groups excluding tert-OH is 2. The molecule has 1 amide bonds. The van der Waals surface area contributed by atoms with Crippen molar-refractivity contribution in [1.82, 2.24) is 5.32 Å². The first-order valence-corrected chi connectivity index (χ1v) is 10.5. The number of hydrogen-bond donors (Lipinski definition) is 3. The van der Waals surface area contributed by atoms with Crippen LogP contribution in [0.25, 0.3) is 0 Å². The number of unbranched alkanes of at least 4 members (excludes halogenated alkanes) is 1. The molecule has 0 aromatic heterocycles. The molecule has 3 saturated carbocycles. The summed E-state index contributed by atoms with van der Waals surface area (Å²) in [6.07, 6.45) is 16.0. The van der Waals surface area contributed by atoms with Gasteiger partial charge in [-0.3, -0.25) is 4.79 Å². The van der Waals surface area contributed by atoms with Gasteiger partial charge in [-0.1, -0.05) is 36.6 Å². The summed E-state index contributed by atoms with van der Waals surface area (Å²) in [5.41, 5.74) is 1.50. The van der Waals surface area contributed by atoms with Gasteiger partial charge in [0, 0.05) is 19.4 Å². The molecule has 5 atom stereocenters. The van der Waals surface area contributed by atoms with Gasteiger partial charge in [-0.15, -0.1) is 0 Å². The van der Waals surface area contributed by atoms with Gasteiger partial charge in [0.05, 0.1) is 12.2 Å². The first-order valence-electron chi connectivity index (χ1n) is 10.5. The number of amides is 1. The van der Waals surface area contributed by atoms with Crippen molar-refractivity contribution in [2.24, 2.45) is 23.7 Å². The van der Waals surface area contributed by atoms with Gasteiger partial charge in [0.1, 0.15) is 0 Å². The van der Waals surface area contributed by atoms with Crippen molar-refractivity contribution in [2.45, 2.75) is 76.4 Å². The van der Waals surface area contributed by atoms with E-state index in [0.717, 1.165) is 44.9 Å². The predicted octanol–water partition coefficient (Wildman–Crippen LogP) is 3.34. The Hall–Kier alpha value is -1.13. The van der Waals surface area contributed by atoms with Crippen molar-refractivity contribution in [3.8, 4) is 0 Å².